The number of rotatable bonds is 4. The van der Waals surface area contributed by atoms with Gasteiger partial charge in [-0.2, -0.15) is 5.10 Å². The number of pyridine rings is 3. The molecule has 2 atom stereocenters. The van der Waals surface area contributed by atoms with Crippen molar-refractivity contribution in [2.45, 2.75) is 44.2 Å². The van der Waals surface area contributed by atoms with Crippen molar-refractivity contribution in [2.24, 2.45) is 7.05 Å². The highest BCUT2D eigenvalue weighted by atomic mass is 16.3. The van der Waals surface area contributed by atoms with Gasteiger partial charge in [-0.1, -0.05) is 25.0 Å². The van der Waals surface area contributed by atoms with Crippen LogP contribution in [0, 0.1) is 0 Å². The van der Waals surface area contributed by atoms with Crippen LogP contribution in [0.4, 0.5) is 0 Å². The number of aryl methyl sites for hydroxylation is 1. The Morgan fingerprint density at radius 1 is 1.03 bits per heavy atom. The van der Waals surface area contributed by atoms with Crippen molar-refractivity contribution in [3.8, 4) is 11.3 Å². The lowest BCUT2D eigenvalue weighted by Crippen LogP contribution is -2.34. The number of hydrogen-bond donors (Lipinski definition) is 1. The second-order valence-corrected chi connectivity index (χ2v) is 9.47. The molecule has 0 aliphatic heterocycles. The Labute approximate surface area is 202 Å². The molecule has 1 aromatic carbocycles. The third kappa shape index (κ3) is 3.91. The van der Waals surface area contributed by atoms with Crippen LogP contribution in [0.5, 0.6) is 0 Å². The van der Waals surface area contributed by atoms with E-state index >= 15 is 0 Å². The van der Waals surface area contributed by atoms with Crippen LogP contribution in [0.1, 0.15) is 42.9 Å². The Hall–Kier alpha value is -3.84. The summed E-state index contributed by atoms with van der Waals surface area (Å²) in [6.45, 7) is 0. The lowest BCUT2D eigenvalue weighted by atomic mass is 9.92. The number of aromatic nitrogens is 5. The standard InChI is InChI=1S/C28H27N5O2/c1-32-17-20(16-31-32)24-9-8-18(15-30-24)13-19-14-23-22(27-21(19)5-4-11-29-27)10-12-33(28(23)35)25-6-2-3-7-26(25)34/h4-5,8-12,14-17,25-26,34H,2-3,6-7,13H2,1H3/t25-,26-/m0/s1. The van der Waals surface area contributed by atoms with Gasteiger partial charge in [0.15, 0.2) is 0 Å². The molecule has 0 amide bonds. The van der Waals surface area contributed by atoms with E-state index in [9.17, 15) is 9.90 Å². The summed E-state index contributed by atoms with van der Waals surface area (Å²) in [6, 6.07) is 11.9. The molecule has 35 heavy (non-hydrogen) atoms. The van der Waals surface area contributed by atoms with Gasteiger partial charge in [0, 0.05) is 53.6 Å². The SMILES string of the molecule is Cn1cc(-c2ccc(Cc3cc4c(=O)n([C@H]5CCCC[C@@H]5O)ccc4c4ncccc34)cn2)cn1. The highest BCUT2D eigenvalue weighted by Gasteiger charge is 2.26. The maximum atomic E-state index is 13.6. The van der Waals surface area contributed by atoms with Crippen LogP contribution in [0.2, 0.25) is 0 Å². The van der Waals surface area contributed by atoms with Crippen LogP contribution in [0.25, 0.3) is 32.9 Å². The first-order chi connectivity index (χ1) is 17.1. The summed E-state index contributed by atoms with van der Waals surface area (Å²) in [5.74, 6) is 0. The molecule has 0 radical (unpaired) electrons. The van der Waals surface area contributed by atoms with Crippen molar-refractivity contribution in [1.82, 2.24) is 24.3 Å². The van der Waals surface area contributed by atoms with E-state index in [2.05, 4.69) is 27.2 Å². The van der Waals surface area contributed by atoms with Gasteiger partial charge < -0.3 is 9.67 Å². The Morgan fingerprint density at radius 2 is 1.91 bits per heavy atom. The van der Waals surface area contributed by atoms with Gasteiger partial charge in [-0.25, -0.2) is 0 Å². The second kappa shape index (κ2) is 8.74. The smallest absolute Gasteiger partial charge is 0.258 e. The third-order valence-corrected chi connectivity index (χ3v) is 7.16. The zero-order valence-corrected chi connectivity index (χ0v) is 19.6. The summed E-state index contributed by atoms with van der Waals surface area (Å²) in [6.07, 6.45) is 13.0. The summed E-state index contributed by atoms with van der Waals surface area (Å²) in [5, 5.41) is 17.3. The molecule has 7 heteroatoms. The van der Waals surface area contributed by atoms with Crippen LogP contribution in [-0.2, 0) is 13.5 Å². The van der Waals surface area contributed by atoms with Gasteiger partial charge in [-0.15, -0.1) is 0 Å². The van der Waals surface area contributed by atoms with Crippen molar-refractivity contribution in [1.29, 1.82) is 0 Å². The van der Waals surface area contributed by atoms with Crippen LogP contribution >= 0.6 is 0 Å². The molecule has 4 heterocycles. The second-order valence-electron chi connectivity index (χ2n) is 9.47. The first kappa shape index (κ1) is 21.7. The maximum Gasteiger partial charge on any atom is 0.258 e. The molecule has 0 spiro atoms. The summed E-state index contributed by atoms with van der Waals surface area (Å²) in [7, 11) is 1.89. The molecule has 1 aliphatic rings. The van der Waals surface area contributed by atoms with Crippen molar-refractivity contribution < 1.29 is 5.11 Å². The number of fused-ring (bicyclic) bond motifs is 3. The minimum Gasteiger partial charge on any atom is -0.391 e. The molecule has 4 aromatic heterocycles. The molecule has 0 saturated heterocycles. The van der Waals surface area contributed by atoms with Gasteiger partial charge in [-0.3, -0.25) is 19.4 Å². The highest BCUT2D eigenvalue weighted by Crippen LogP contribution is 2.31. The fraction of sp³-hybridized carbons (Fsp3) is 0.286. The van der Waals surface area contributed by atoms with Gasteiger partial charge in [0.2, 0.25) is 0 Å². The third-order valence-electron chi connectivity index (χ3n) is 7.16. The van der Waals surface area contributed by atoms with Gasteiger partial charge in [-0.05, 0) is 54.7 Å². The zero-order valence-electron chi connectivity index (χ0n) is 19.6. The molecule has 6 rings (SSSR count). The Bertz CT molecular complexity index is 1590. The molecule has 5 aromatic rings. The molecular formula is C28H27N5O2. The molecule has 1 aliphatic carbocycles. The van der Waals surface area contributed by atoms with Crippen molar-refractivity contribution >= 4 is 21.7 Å². The van der Waals surface area contributed by atoms with Crippen molar-refractivity contribution in [3.05, 3.63) is 88.9 Å². The summed E-state index contributed by atoms with van der Waals surface area (Å²) < 4.78 is 3.49. The predicted octanol–water partition coefficient (Wildman–Crippen LogP) is 4.41. The Morgan fingerprint density at radius 3 is 2.69 bits per heavy atom. The molecule has 176 valence electrons. The lowest BCUT2D eigenvalue weighted by Gasteiger charge is -2.29. The maximum absolute atomic E-state index is 13.6. The van der Waals surface area contributed by atoms with E-state index in [0.29, 0.717) is 11.8 Å². The van der Waals surface area contributed by atoms with Crippen LogP contribution in [0.3, 0.4) is 0 Å². The van der Waals surface area contributed by atoms with E-state index in [0.717, 1.165) is 64.4 Å². The molecular weight excluding hydrogens is 438 g/mol. The highest BCUT2D eigenvalue weighted by molar-refractivity contribution is 6.06. The number of nitrogens with zero attached hydrogens (tertiary/aromatic N) is 5. The normalized spacial score (nSPS) is 18.3. The number of benzene rings is 1. The summed E-state index contributed by atoms with van der Waals surface area (Å²) >= 11 is 0. The molecule has 0 unspecified atom stereocenters. The van der Waals surface area contributed by atoms with Crippen molar-refractivity contribution in [3.63, 3.8) is 0 Å². The molecule has 1 N–H and O–H groups in total. The van der Waals surface area contributed by atoms with Gasteiger partial charge in [0.25, 0.3) is 5.56 Å². The summed E-state index contributed by atoms with van der Waals surface area (Å²) in [5.41, 5.74) is 4.71. The fourth-order valence-corrected chi connectivity index (χ4v) is 5.34. The average molecular weight is 466 g/mol. The monoisotopic (exact) mass is 465 g/mol. The topological polar surface area (TPSA) is 85.8 Å². The number of aliphatic hydroxyl groups excluding tert-OH is 1. The molecule has 1 saturated carbocycles. The minimum absolute atomic E-state index is 0.0627. The Balaban J connectivity index is 1.43. The minimum atomic E-state index is -0.485. The molecule has 0 bridgehead atoms. The largest absolute Gasteiger partial charge is 0.391 e. The molecule has 7 nitrogen and oxygen atoms in total. The summed E-state index contributed by atoms with van der Waals surface area (Å²) in [4.78, 5) is 22.9. The van der Waals surface area contributed by atoms with E-state index in [-0.39, 0.29) is 11.6 Å². The predicted molar refractivity (Wildman–Crippen MR) is 136 cm³/mol. The lowest BCUT2D eigenvalue weighted by molar-refractivity contribution is 0.0740. The van der Waals surface area contributed by atoms with Crippen molar-refractivity contribution in [2.75, 3.05) is 0 Å². The zero-order chi connectivity index (χ0) is 23.9. The first-order valence-electron chi connectivity index (χ1n) is 12.1. The fourth-order valence-electron chi connectivity index (χ4n) is 5.34. The van der Waals surface area contributed by atoms with E-state index in [4.69, 9.17) is 0 Å². The number of aliphatic hydroxyl groups is 1. The van der Waals surface area contributed by atoms with Crippen LogP contribution in [-0.4, -0.2) is 35.5 Å². The number of hydrogen-bond acceptors (Lipinski definition) is 5. The van der Waals surface area contributed by atoms with E-state index in [1.807, 2.05) is 49.9 Å². The van der Waals surface area contributed by atoms with E-state index in [1.165, 1.54) is 0 Å². The van der Waals surface area contributed by atoms with Gasteiger partial charge in [0.05, 0.1) is 29.6 Å². The van der Waals surface area contributed by atoms with Gasteiger partial charge in [0.1, 0.15) is 0 Å². The van der Waals surface area contributed by atoms with Crippen LogP contribution in [0.15, 0.2) is 72.2 Å². The van der Waals surface area contributed by atoms with E-state index < -0.39 is 6.10 Å². The van der Waals surface area contributed by atoms with Gasteiger partial charge >= 0.3 is 0 Å². The first-order valence-corrected chi connectivity index (χ1v) is 12.1. The average Bonchev–Trinajstić information content (AvgIpc) is 3.32. The van der Waals surface area contributed by atoms with Crippen LogP contribution < -0.4 is 5.56 Å². The Kier molecular flexibility index (Phi) is 5.41. The molecule has 1 fully saturated rings. The van der Waals surface area contributed by atoms with E-state index in [1.54, 1.807) is 21.6 Å². The quantitative estimate of drug-likeness (QED) is 0.397.